The summed E-state index contributed by atoms with van der Waals surface area (Å²) in [6.45, 7) is 5.40. The molecule has 84 valence electrons. The molecule has 16 heavy (non-hydrogen) atoms. The minimum Gasteiger partial charge on any atom is -0.327 e. The zero-order valence-corrected chi connectivity index (χ0v) is 9.12. The summed E-state index contributed by atoms with van der Waals surface area (Å²) in [4.78, 5) is 21.7. The van der Waals surface area contributed by atoms with Crippen molar-refractivity contribution in [3.63, 3.8) is 0 Å². The molecule has 0 aliphatic carbocycles. The number of rotatable bonds is 5. The number of hydrogen-bond donors (Lipinski definition) is 2. The number of anilines is 2. The molecule has 4 nitrogen and oxygen atoms in total. The van der Waals surface area contributed by atoms with Crippen molar-refractivity contribution in [3.8, 4) is 0 Å². The highest BCUT2D eigenvalue weighted by Crippen LogP contribution is 2.23. The molecule has 0 saturated heterocycles. The summed E-state index contributed by atoms with van der Waals surface area (Å²) < 4.78 is 0. The third kappa shape index (κ3) is 2.95. The van der Waals surface area contributed by atoms with Crippen LogP contribution in [0.3, 0.4) is 0 Å². The topological polar surface area (TPSA) is 58.2 Å². The lowest BCUT2D eigenvalue weighted by Crippen LogP contribution is -2.11. The SMILES string of the molecule is C=Cc1ccc(NC(=O)CC)c(NC=O)c1. The standard InChI is InChI=1S/C12H14N2O2/c1-3-9-5-6-10(14-12(16)4-2)11(7-9)13-8-15/h3,5-8H,1,4H2,2H3,(H,13,15)(H,14,16). The van der Waals surface area contributed by atoms with Crippen molar-refractivity contribution in [3.05, 3.63) is 30.3 Å². The molecule has 2 amide bonds. The molecule has 0 radical (unpaired) electrons. The highest BCUT2D eigenvalue weighted by Gasteiger charge is 2.05. The van der Waals surface area contributed by atoms with Crippen molar-refractivity contribution in [1.82, 2.24) is 0 Å². The van der Waals surface area contributed by atoms with E-state index in [9.17, 15) is 9.59 Å². The van der Waals surface area contributed by atoms with Crippen LogP contribution >= 0.6 is 0 Å². The molecule has 0 bridgehead atoms. The van der Waals surface area contributed by atoms with E-state index in [0.717, 1.165) is 5.56 Å². The molecule has 0 heterocycles. The number of carbonyl (C=O) groups is 2. The van der Waals surface area contributed by atoms with Gasteiger partial charge in [-0.05, 0) is 17.7 Å². The van der Waals surface area contributed by atoms with Crippen LogP contribution in [0.5, 0.6) is 0 Å². The predicted molar refractivity (Wildman–Crippen MR) is 65.1 cm³/mol. The molecular formula is C12H14N2O2. The fourth-order valence-corrected chi connectivity index (χ4v) is 1.22. The summed E-state index contributed by atoms with van der Waals surface area (Å²) in [6.07, 6.45) is 2.63. The van der Waals surface area contributed by atoms with Crippen molar-refractivity contribution in [2.24, 2.45) is 0 Å². The van der Waals surface area contributed by atoms with Crippen LogP contribution < -0.4 is 10.6 Å². The van der Waals surface area contributed by atoms with E-state index in [1.165, 1.54) is 0 Å². The smallest absolute Gasteiger partial charge is 0.224 e. The monoisotopic (exact) mass is 218 g/mol. The molecule has 0 unspecified atom stereocenters. The first-order valence-electron chi connectivity index (χ1n) is 4.97. The van der Waals surface area contributed by atoms with Crippen LogP contribution in [0.1, 0.15) is 18.9 Å². The summed E-state index contributed by atoms with van der Waals surface area (Å²) >= 11 is 0. The first kappa shape index (κ1) is 12.0. The van der Waals surface area contributed by atoms with Crippen molar-refractivity contribution in [1.29, 1.82) is 0 Å². The van der Waals surface area contributed by atoms with Gasteiger partial charge in [0.1, 0.15) is 0 Å². The number of nitrogens with one attached hydrogen (secondary N) is 2. The van der Waals surface area contributed by atoms with Gasteiger partial charge < -0.3 is 10.6 Å². The Hall–Kier alpha value is -2.10. The molecule has 0 aliphatic rings. The van der Waals surface area contributed by atoms with Crippen LogP contribution in [0.15, 0.2) is 24.8 Å². The van der Waals surface area contributed by atoms with E-state index in [0.29, 0.717) is 24.2 Å². The van der Waals surface area contributed by atoms with Crippen LogP contribution in [0.4, 0.5) is 11.4 Å². The quantitative estimate of drug-likeness (QED) is 0.745. The Morgan fingerprint density at radius 3 is 2.75 bits per heavy atom. The zero-order chi connectivity index (χ0) is 12.0. The highest BCUT2D eigenvalue weighted by molar-refractivity contribution is 5.96. The van der Waals surface area contributed by atoms with Crippen LogP contribution in [0, 0.1) is 0 Å². The number of carbonyl (C=O) groups excluding carboxylic acids is 2. The average molecular weight is 218 g/mol. The van der Waals surface area contributed by atoms with Crippen molar-refractivity contribution in [2.45, 2.75) is 13.3 Å². The van der Waals surface area contributed by atoms with E-state index >= 15 is 0 Å². The predicted octanol–water partition coefficient (Wildman–Crippen LogP) is 2.25. The van der Waals surface area contributed by atoms with Crippen molar-refractivity contribution >= 4 is 29.8 Å². The van der Waals surface area contributed by atoms with Gasteiger partial charge in [-0.25, -0.2) is 0 Å². The van der Waals surface area contributed by atoms with Crippen LogP contribution in [0.2, 0.25) is 0 Å². The van der Waals surface area contributed by atoms with Gasteiger partial charge in [0.25, 0.3) is 0 Å². The molecule has 0 saturated carbocycles. The lowest BCUT2D eigenvalue weighted by Gasteiger charge is -2.10. The van der Waals surface area contributed by atoms with Gasteiger partial charge in [-0.2, -0.15) is 0 Å². The minimum absolute atomic E-state index is 0.0969. The normalized spacial score (nSPS) is 9.31. The summed E-state index contributed by atoms with van der Waals surface area (Å²) in [7, 11) is 0. The van der Waals surface area contributed by atoms with Gasteiger partial charge in [0.2, 0.25) is 12.3 Å². The molecule has 0 aliphatic heterocycles. The third-order valence-electron chi connectivity index (χ3n) is 2.09. The van der Waals surface area contributed by atoms with Gasteiger partial charge in [-0.1, -0.05) is 25.6 Å². The fourth-order valence-electron chi connectivity index (χ4n) is 1.22. The molecule has 1 aromatic carbocycles. The fraction of sp³-hybridized carbons (Fsp3) is 0.167. The Morgan fingerprint density at radius 1 is 1.44 bits per heavy atom. The van der Waals surface area contributed by atoms with Crippen molar-refractivity contribution < 1.29 is 9.59 Å². The maximum atomic E-state index is 11.2. The zero-order valence-electron chi connectivity index (χ0n) is 9.12. The summed E-state index contributed by atoms with van der Waals surface area (Å²) in [5.74, 6) is -0.0969. The summed E-state index contributed by atoms with van der Waals surface area (Å²) in [5.41, 5.74) is 2.03. The van der Waals surface area contributed by atoms with E-state index < -0.39 is 0 Å². The molecule has 4 heteroatoms. The Balaban J connectivity index is 3.01. The van der Waals surface area contributed by atoms with Gasteiger partial charge in [-0.3, -0.25) is 9.59 Å². The maximum absolute atomic E-state index is 11.2. The average Bonchev–Trinajstić information content (AvgIpc) is 2.31. The van der Waals surface area contributed by atoms with E-state index in [4.69, 9.17) is 0 Å². The Morgan fingerprint density at radius 2 is 2.19 bits per heavy atom. The van der Waals surface area contributed by atoms with Crippen LogP contribution in [0.25, 0.3) is 6.08 Å². The number of amides is 2. The molecule has 0 fully saturated rings. The Bertz CT molecular complexity index is 413. The van der Waals surface area contributed by atoms with E-state index in [1.54, 1.807) is 25.1 Å². The van der Waals surface area contributed by atoms with Crippen LogP contribution in [-0.2, 0) is 9.59 Å². The number of benzene rings is 1. The van der Waals surface area contributed by atoms with Gasteiger partial charge >= 0.3 is 0 Å². The first-order valence-corrected chi connectivity index (χ1v) is 4.97. The molecule has 0 spiro atoms. The first-order chi connectivity index (χ1) is 7.71. The third-order valence-corrected chi connectivity index (χ3v) is 2.09. The van der Waals surface area contributed by atoms with Crippen molar-refractivity contribution in [2.75, 3.05) is 10.6 Å². The van der Waals surface area contributed by atoms with E-state index in [-0.39, 0.29) is 5.91 Å². The Kier molecular flexibility index (Phi) is 4.27. The molecule has 1 aromatic rings. The summed E-state index contributed by atoms with van der Waals surface area (Å²) in [6, 6.07) is 5.29. The second-order valence-corrected chi connectivity index (χ2v) is 3.17. The van der Waals surface area contributed by atoms with Gasteiger partial charge in [0, 0.05) is 6.42 Å². The molecule has 0 aromatic heterocycles. The largest absolute Gasteiger partial charge is 0.327 e. The van der Waals surface area contributed by atoms with Gasteiger partial charge in [0.15, 0.2) is 0 Å². The molecule has 1 rings (SSSR count). The molecular weight excluding hydrogens is 204 g/mol. The minimum atomic E-state index is -0.0969. The van der Waals surface area contributed by atoms with Crippen LogP contribution in [-0.4, -0.2) is 12.3 Å². The lowest BCUT2D eigenvalue weighted by molar-refractivity contribution is -0.116. The maximum Gasteiger partial charge on any atom is 0.224 e. The number of hydrogen-bond acceptors (Lipinski definition) is 2. The second kappa shape index (κ2) is 5.70. The Labute approximate surface area is 94.4 Å². The van der Waals surface area contributed by atoms with E-state index in [2.05, 4.69) is 17.2 Å². The van der Waals surface area contributed by atoms with E-state index in [1.807, 2.05) is 6.07 Å². The molecule has 2 N–H and O–H groups in total. The molecule has 0 atom stereocenters. The van der Waals surface area contributed by atoms with Gasteiger partial charge in [-0.15, -0.1) is 0 Å². The summed E-state index contributed by atoms with van der Waals surface area (Å²) in [5, 5.41) is 5.24. The lowest BCUT2D eigenvalue weighted by atomic mass is 10.1. The highest BCUT2D eigenvalue weighted by atomic mass is 16.1. The van der Waals surface area contributed by atoms with Gasteiger partial charge in [0.05, 0.1) is 11.4 Å². The second-order valence-electron chi connectivity index (χ2n) is 3.17.